The first-order valence-corrected chi connectivity index (χ1v) is 12.0. The third kappa shape index (κ3) is 8.92. The number of hydrogen-bond donors (Lipinski definition) is 9. The third-order valence-corrected chi connectivity index (χ3v) is 5.85. The summed E-state index contributed by atoms with van der Waals surface area (Å²) >= 11 is 3.85. The molecule has 4 amide bonds. The summed E-state index contributed by atoms with van der Waals surface area (Å²) in [6.07, 6.45) is -5.77. The summed E-state index contributed by atoms with van der Waals surface area (Å²) in [5, 5.41) is 37.3. The van der Waals surface area contributed by atoms with E-state index in [-0.39, 0.29) is 12.2 Å². The van der Waals surface area contributed by atoms with Crippen molar-refractivity contribution in [1.29, 1.82) is 0 Å². The van der Waals surface area contributed by atoms with Crippen LogP contribution in [0.15, 0.2) is 30.3 Å². The molecule has 1 saturated heterocycles. The van der Waals surface area contributed by atoms with Crippen molar-refractivity contribution >= 4 is 36.3 Å². The molecule has 1 fully saturated rings. The highest BCUT2D eigenvalue weighted by Crippen LogP contribution is 2.22. The van der Waals surface area contributed by atoms with Crippen LogP contribution in [0.4, 0.5) is 0 Å². The van der Waals surface area contributed by atoms with Crippen LogP contribution in [-0.2, 0) is 35.1 Å². The number of ether oxygens (including phenoxy) is 2. The molecule has 7 atom stereocenters. The van der Waals surface area contributed by atoms with Crippen molar-refractivity contribution in [3.63, 3.8) is 0 Å². The highest BCUT2D eigenvalue weighted by molar-refractivity contribution is 7.81. The van der Waals surface area contributed by atoms with Crippen LogP contribution in [0.5, 0.6) is 0 Å². The van der Waals surface area contributed by atoms with Crippen LogP contribution in [0.3, 0.4) is 0 Å². The van der Waals surface area contributed by atoms with Crippen LogP contribution in [0, 0.1) is 0 Å². The number of hydrogen-bond acceptors (Lipinski definition) is 11. The minimum Gasteiger partial charge on any atom is -0.394 e. The molecule has 1 aliphatic rings. The van der Waals surface area contributed by atoms with E-state index in [1.807, 2.05) is 0 Å². The summed E-state index contributed by atoms with van der Waals surface area (Å²) in [5.74, 6) is -3.21. The van der Waals surface area contributed by atoms with Gasteiger partial charge in [0.05, 0.1) is 25.5 Å². The quantitative estimate of drug-likeness (QED) is 0.108. The first kappa shape index (κ1) is 30.4. The second-order valence-electron chi connectivity index (χ2n) is 8.27. The van der Waals surface area contributed by atoms with Crippen LogP contribution in [0.2, 0.25) is 0 Å². The lowest BCUT2D eigenvalue weighted by molar-refractivity contribution is -0.270. The van der Waals surface area contributed by atoms with Gasteiger partial charge < -0.3 is 52.2 Å². The number of thiol groups is 1. The van der Waals surface area contributed by atoms with E-state index in [1.54, 1.807) is 30.3 Å². The molecular weight excluding hydrogens is 510 g/mol. The van der Waals surface area contributed by atoms with Crippen LogP contribution in [0.25, 0.3) is 0 Å². The molecule has 37 heavy (non-hydrogen) atoms. The van der Waals surface area contributed by atoms with Crippen molar-refractivity contribution in [3.05, 3.63) is 35.9 Å². The molecular formula is C22H33N5O9S. The highest BCUT2D eigenvalue weighted by Gasteiger charge is 2.46. The lowest BCUT2D eigenvalue weighted by Gasteiger charge is -2.42. The molecule has 1 aromatic rings. The fraction of sp³-hybridized carbons (Fsp3) is 0.545. The zero-order valence-corrected chi connectivity index (χ0v) is 20.8. The number of nitrogens with one attached hydrogen (secondary N) is 3. The van der Waals surface area contributed by atoms with Gasteiger partial charge in [-0.1, -0.05) is 30.3 Å². The SMILES string of the molecule is NCC(=O)N[C@@H](CO[C@@H]1OC(CO)[C@@H](O)C(O)C1NC(=O)CS)C(=O)N[C@@H](Cc1ccccc1)C(N)=O. The van der Waals surface area contributed by atoms with Crippen molar-refractivity contribution in [1.82, 2.24) is 16.0 Å². The minimum atomic E-state index is -1.60. The third-order valence-electron chi connectivity index (χ3n) is 5.56. The second kappa shape index (κ2) is 14.8. The van der Waals surface area contributed by atoms with E-state index in [2.05, 4.69) is 28.6 Å². The molecule has 0 radical (unpaired) electrons. The smallest absolute Gasteiger partial charge is 0.245 e. The van der Waals surface area contributed by atoms with E-state index >= 15 is 0 Å². The first-order valence-electron chi connectivity index (χ1n) is 11.4. The molecule has 1 heterocycles. The summed E-state index contributed by atoms with van der Waals surface area (Å²) < 4.78 is 11.1. The Hall–Kier alpha value is -2.79. The predicted octanol–water partition coefficient (Wildman–Crippen LogP) is -4.49. The molecule has 1 aliphatic heterocycles. The normalized spacial score (nSPS) is 24.9. The van der Waals surface area contributed by atoms with Gasteiger partial charge in [0.1, 0.15) is 36.4 Å². The number of carbonyl (C=O) groups excluding carboxylic acids is 4. The minimum absolute atomic E-state index is 0.0894. The Labute approximate surface area is 218 Å². The van der Waals surface area contributed by atoms with Gasteiger partial charge in [-0.05, 0) is 5.56 Å². The lowest BCUT2D eigenvalue weighted by atomic mass is 9.97. The van der Waals surface area contributed by atoms with Crippen LogP contribution in [-0.4, -0.2) is 107 Å². The Morgan fingerprint density at radius 1 is 1.05 bits per heavy atom. The monoisotopic (exact) mass is 543 g/mol. The van der Waals surface area contributed by atoms with Gasteiger partial charge in [-0.2, -0.15) is 12.6 Å². The maximum atomic E-state index is 13.0. The molecule has 15 heteroatoms. The average Bonchev–Trinajstić information content (AvgIpc) is 2.89. The van der Waals surface area contributed by atoms with Gasteiger partial charge in [-0.15, -0.1) is 0 Å². The van der Waals surface area contributed by atoms with E-state index in [0.717, 1.165) is 5.56 Å². The number of aliphatic hydroxyl groups is 3. The van der Waals surface area contributed by atoms with Crippen molar-refractivity contribution in [3.8, 4) is 0 Å². The summed E-state index contributed by atoms with van der Waals surface area (Å²) in [6, 6.07) is 4.98. The van der Waals surface area contributed by atoms with Crippen molar-refractivity contribution < 1.29 is 44.0 Å². The van der Waals surface area contributed by atoms with Gasteiger partial charge in [0.15, 0.2) is 6.29 Å². The molecule has 2 rings (SSSR count). The fourth-order valence-corrected chi connectivity index (χ4v) is 3.67. The number of carbonyl (C=O) groups is 4. The van der Waals surface area contributed by atoms with Gasteiger partial charge in [-0.3, -0.25) is 19.2 Å². The van der Waals surface area contributed by atoms with Gasteiger partial charge in [0.2, 0.25) is 23.6 Å². The van der Waals surface area contributed by atoms with E-state index in [1.165, 1.54) is 0 Å². The van der Waals surface area contributed by atoms with Gasteiger partial charge in [0, 0.05) is 6.42 Å². The first-order chi connectivity index (χ1) is 17.6. The highest BCUT2D eigenvalue weighted by atomic mass is 32.1. The molecule has 0 saturated carbocycles. The largest absolute Gasteiger partial charge is 0.394 e. The molecule has 3 unspecified atom stereocenters. The van der Waals surface area contributed by atoms with Crippen molar-refractivity contribution in [2.75, 3.05) is 25.5 Å². The van der Waals surface area contributed by atoms with Crippen LogP contribution < -0.4 is 27.4 Å². The van der Waals surface area contributed by atoms with E-state index in [0.29, 0.717) is 0 Å². The zero-order valence-electron chi connectivity index (χ0n) is 19.9. The molecule has 0 bridgehead atoms. The second-order valence-corrected chi connectivity index (χ2v) is 8.59. The molecule has 0 aliphatic carbocycles. The van der Waals surface area contributed by atoms with Gasteiger partial charge in [0.25, 0.3) is 0 Å². The van der Waals surface area contributed by atoms with E-state index in [4.69, 9.17) is 20.9 Å². The molecule has 0 aromatic heterocycles. The fourth-order valence-electron chi connectivity index (χ4n) is 3.58. The summed E-state index contributed by atoms with van der Waals surface area (Å²) in [5.41, 5.74) is 11.5. The zero-order chi connectivity index (χ0) is 27.5. The van der Waals surface area contributed by atoms with Gasteiger partial charge >= 0.3 is 0 Å². The molecule has 14 nitrogen and oxygen atoms in total. The van der Waals surface area contributed by atoms with E-state index in [9.17, 15) is 34.5 Å². The summed E-state index contributed by atoms with van der Waals surface area (Å²) in [6.45, 7) is -1.70. The number of amides is 4. The Morgan fingerprint density at radius 2 is 1.73 bits per heavy atom. The Morgan fingerprint density at radius 3 is 2.30 bits per heavy atom. The maximum absolute atomic E-state index is 13.0. The number of aliphatic hydroxyl groups excluding tert-OH is 3. The van der Waals surface area contributed by atoms with Gasteiger partial charge in [-0.25, -0.2) is 0 Å². The molecule has 10 N–H and O–H groups in total. The van der Waals surface area contributed by atoms with Crippen molar-refractivity contribution in [2.24, 2.45) is 11.5 Å². The maximum Gasteiger partial charge on any atom is 0.245 e. The molecule has 0 spiro atoms. The number of benzene rings is 1. The van der Waals surface area contributed by atoms with Crippen LogP contribution in [0.1, 0.15) is 5.56 Å². The number of nitrogens with two attached hydrogens (primary N) is 2. The predicted molar refractivity (Wildman–Crippen MR) is 132 cm³/mol. The number of primary amides is 1. The summed E-state index contributed by atoms with van der Waals surface area (Å²) in [7, 11) is 0. The lowest BCUT2D eigenvalue weighted by Crippen LogP contribution is -2.65. The number of rotatable bonds is 13. The average molecular weight is 544 g/mol. The topological polar surface area (TPSA) is 236 Å². The van der Waals surface area contributed by atoms with Crippen molar-refractivity contribution in [2.45, 2.75) is 49.1 Å². The Bertz CT molecular complexity index is 925. The standard InChI is InChI=1S/C22H33N5O9S/c23-7-15(29)25-13(21(34)26-12(20(24)33)6-11-4-2-1-3-5-11)9-35-22-17(27-16(30)10-37)19(32)18(31)14(8-28)36-22/h1-5,12-14,17-19,22,28,31-32,37H,6-10,23H2,(H2,24,33)(H,25,29)(H,26,34)(H,27,30)/t12-,13-,14?,17?,18+,19?,22+/m0/s1. The summed E-state index contributed by atoms with van der Waals surface area (Å²) in [4.78, 5) is 48.8. The van der Waals surface area contributed by atoms with Crippen LogP contribution >= 0.6 is 12.6 Å². The Balaban J connectivity index is 2.18. The Kier molecular flexibility index (Phi) is 12.2. The molecule has 206 valence electrons. The van der Waals surface area contributed by atoms with E-state index < -0.39 is 86.1 Å². The molecule has 1 aromatic carbocycles.